The van der Waals surface area contributed by atoms with Gasteiger partial charge in [0.05, 0.1) is 6.10 Å². The van der Waals surface area contributed by atoms with Crippen molar-refractivity contribution in [2.45, 2.75) is 64.3 Å². The van der Waals surface area contributed by atoms with Crippen LogP contribution in [0.25, 0.3) is 0 Å². The van der Waals surface area contributed by atoms with E-state index in [1.165, 1.54) is 6.07 Å². The number of aliphatic hydroxyl groups is 2. The number of cyclic esters (lactones) is 1. The van der Waals surface area contributed by atoms with E-state index in [1.54, 1.807) is 6.92 Å². The van der Waals surface area contributed by atoms with Gasteiger partial charge in [-0.05, 0) is 50.2 Å². The number of anilines is 1. The molecule has 1 aromatic rings. The van der Waals surface area contributed by atoms with Gasteiger partial charge in [-0.25, -0.2) is 4.79 Å². The highest BCUT2D eigenvalue weighted by Gasteiger charge is 2.28. The second kappa shape index (κ2) is 9.39. The van der Waals surface area contributed by atoms with Crippen molar-refractivity contribution in [3.8, 4) is 5.75 Å². The van der Waals surface area contributed by atoms with Crippen LogP contribution in [0.2, 0.25) is 0 Å². The quantitative estimate of drug-likeness (QED) is 0.627. The summed E-state index contributed by atoms with van der Waals surface area (Å²) < 4.78 is 5.56. The first-order chi connectivity index (χ1) is 13.1. The normalized spacial score (nSPS) is 27.5. The molecular formula is C21H31NO6. The largest absolute Gasteiger partial charge is 0.507 e. The first-order valence-electron chi connectivity index (χ1n) is 9.74. The number of carbonyl (C=O) groups is 2. The Bertz CT molecular complexity index is 717. The summed E-state index contributed by atoms with van der Waals surface area (Å²) in [4.78, 5) is 26.7. The number of esters is 1. The maximum Gasteiger partial charge on any atom is 0.342 e. The van der Waals surface area contributed by atoms with Crippen molar-refractivity contribution in [3.63, 3.8) is 0 Å². The van der Waals surface area contributed by atoms with E-state index in [0.717, 1.165) is 5.69 Å². The maximum absolute atomic E-state index is 12.8. The van der Waals surface area contributed by atoms with Crippen molar-refractivity contribution in [2.75, 3.05) is 19.0 Å². The molecule has 1 aromatic carbocycles. The van der Waals surface area contributed by atoms with E-state index in [0.29, 0.717) is 24.8 Å². The van der Waals surface area contributed by atoms with Gasteiger partial charge in [0.1, 0.15) is 23.5 Å². The molecule has 28 heavy (non-hydrogen) atoms. The van der Waals surface area contributed by atoms with Gasteiger partial charge >= 0.3 is 5.97 Å². The average Bonchev–Trinajstić information content (AvgIpc) is 2.63. The number of aliphatic hydroxyl groups excluding tert-OH is 2. The van der Waals surface area contributed by atoms with Gasteiger partial charge in [0.25, 0.3) is 0 Å². The van der Waals surface area contributed by atoms with Crippen LogP contribution in [0.1, 0.15) is 55.5 Å². The Morgan fingerprint density at radius 2 is 1.75 bits per heavy atom. The number of benzene rings is 1. The van der Waals surface area contributed by atoms with Crippen LogP contribution in [0.4, 0.5) is 5.69 Å². The topological polar surface area (TPSA) is 107 Å². The third kappa shape index (κ3) is 5.23. The number of ketones is 1. The second-order valence-electron chi connectivity index (χ2n) is 7.89. The third-order valence-corrected chi connectivity index (χ3v) is 5.49. The average molecular weight is 393 g/mol. The number of nitrogens with zero attached hydrogens (tertiary/aromatic N) is 1. The molecule has 1 aliphatic heterocycles. The number of ether oxygens (including phenoxy) is 1. The smallest absolute Gasteiger partial charge is 0.342 e. The SMILES string of the molecule is C[C@@H]1CCC(=O)[C@@H](O)[C@@H](O)CCCc2cc(N(C)C)cc(O)c2C(=O)O[C@H]1C. The van der Waals surface area contributed by atoms with Crippen LogP contribution < -0.4 is 4.90 Å². The standard InChI is InChI=1S/C21H31NO6/c1-12-8-9-17(24)20(26)16(23)7-5-6-14-10-15(22(3)4)11-18(25)19(14)21(27)28-13(12)2/h10-13,16,20,23,25-26H,5-9H2,1-4H3/t12-,13+,16+,20+/m1/s1. The monoisotopic (exact) mass is 393 g/mol. The van der Waals surface area contributed by atoms with Crippen molar-refractivity contribution in [1.82, 2.24) is 0 Å². The fourth-order valence-electron chi connectivity index (χ4n) is 3.33. The van der Waals surface area contributed by atoms with E-state index in [4.69, 9.17) is 4.74 Å². The Morgan fingerprint density at radius 3 is 2.39 bits per heavy atom. The minimum Gasteiger partial charge on any atom is -0.507 e. The van der Waals surface area contributed by atoms with Crippen molar-refractivity contribution in [1.29, 1.82) is 0 Å². The van der Waals surface area contributed by atoms with Crippen LogP contribution in [-0.2, 0) is 16.0 Å². The Hall–Kier alpha value is -2.12. The van der Waals surface area contributed by atoms with E-state index in [1.807, 2.05) is 32.0 Å². The van der Waals surface area contributed by atoms with E-state index < -0.39 is 30.1 Å². The molecule has 156 valence electrons. The molecule has 0 unspecified atom stereocenters. The molecule has 0 aromatic heterocycles. The molecule has 0 radical (unpaired) electrons. The zero-order valence-corrected chi connectivity index (χ0v) is 17.0. The van der Waals surface area contributed by atoms with E-state index >= 15 is 0 Å². The van der Waals surface area contributed by atoms with Crippen LogP contribution >= 0.6 is 0 Å². The Labute approximate surface area is 165 Å². The van der Waals surface area contributed by atoms with Gasteiger partial charge in [0.2, 0.25) is 0 Å². The molecule has 7 heteroatoms. The van der Waals surface area contributed by atoms with Crippen molar-refractivity contribution in [2.24, 2.45) is 5.92 Å². The zero-order chi connectivity index (χ0) is 21.0. The summed E-state index contributed by atoms with van der Waals surface area (Å²) in [6.45, 7) is 3.60. The van der Waals surface area contributed by atoms with E-state index in [-0.39, 0.29) is 30.1 Å². The van der Waals surface area contributed by atoms with Crippen molar-refractivity contribution >= 4 is 17.4 Å². The summed E-state index contributed by atoms with van der Waals surface area (Å²) in [7, 11) is 3.66. The van der Waals surface area contributed by atoms with Crippen LogP contribution in [0.15, 0.2) is 12.1 Å². The van der Waals surface area contributed by atoms with Gasteiger partial charge in [-0.3, -0.25) is 4.79 Å². The minimum absolute atomic E-state index is 0.106. The molecule has 1 aliphatic rings. The molecular weight excluding hydrogens is 362 g/mol. The van der Waals surface area contributed by atoms with Gasteiger partial charge < -0.3 is 25.0 Å². The number of carbonyl (C=O) groups excluding carboxylic acids is 2. The summed E-state index contributed by atoms with van der Waals surface area (Å²) in [6, 6.07) is 3.33. The third-order valence-electron chi connectivity index (χ3n) is 5.49. The highest BCUT2D eigenvalue weighted by atomic mass is 16.5. The van der Waals surface area contributed by atoms with Gasteiger partial charge in [-0.15, -0.1) is 0 Å². The molecule has 0 saturated heterocycles. The molecule has 7 nitrogen and oxygen atoms in total. The molecule has 0 amide bonds. The fraction of sp³-hybridized carbons (Fsp3) is 0.619. The number of hydrogen-bond acceptors (Lipinski definition) is 7. The van der Waals surface area contributed by atoms with Crippen LogP contribution in [-0.4, -0.2) is 59.5 Å². The first kappa shape index (κ1) is 22.2. The molecule has 0 bridgehead atoms. The van der Waals surface area contributed by atoms with Crippen LogP contribution in [0.5, 0.6) is 5.75 Å². The number of hydrogen-bond donors (Lipinski definition) is 3. The van der Waals surface area contributed by atoms with Gasteiger partial charge in [0.15, 0.2) is 5.78 Å². The molecule has 0 spiro atoms. The van der Waals surface area contributed by atoms with E-state index in [9.17, 15) is 24.9 Å². The Balaban J connectivity index is 2.40. The zero-order valence-electron chi connectivity index (χ0n) is 17.0. The summed E-state index contributed by atoms with van der Waals surface area (Å²) in [5.41, 5.74) is 1.48. The first-order valence-corrected chi connectivity index (χ1v) is 9.74. The highest BCUT2D eigenvalue weighted by Crippen LogP contribution is 2.31. The van der Waals surface area contributed by atoms with Gasteiger partial charge in [-0.2, -0.15) is 0 Å². The van der Waals surface area contributed by atoms with Gasteiger partial charge in [-0.1, -0.05) is 6.92 Å². The van der Waals surface area contributed by atoms with Crippen molar-refractivity contribution in [3.05, 3.63) is 23.3 Å². The van der Waals surface area contributed by atoms with Crippen LogP contribution in [0.3, 0.4) is 0 Å². The molecule has 1 heterocycles. The fourth-order valence-corrected chi connectivity index (χ4v) is 3.33. The molecule has 0 aliphatic carbocycles. The summed E-state index contributed by atoms with van der Waals surface area (Å²) in [6.07, 6.45) is -1.45. The predicted molar refractivity (Wildman–Crippen MR) is 106 cm³/mol. The second-order valence-corrected chi connectivity index (χ2v) is 7.89. The molecule has 2 rings (SSSR count). The molecule has 3 N–H and O–H groups in total. The Kier molecular flexibility index (Phi) is 7.43. The van der Waals surface area contributed by atoms with E-state index in [2.05, 4.69) is 0 Å². The lowest BCUT2D eigenvalue weighted by molar-refractivity contribution is -0.133. The number of aromatic hydroxyl groups is 1. The number of Topliss-reactive ketones (excluding diaryl/α,β-unsaturated/α-hetero) is 1. The number of rotatable bonds is 1. The predicted octanol–water partition coefficient (Wildman–Crippen LogP) is 2.05. The molecule has 0 saturated carbocycles. The van der Waals surface area contributed by atoms with Gasteiger partial charge in [0, 0.05) is 32.3 Å². The van der Waals surface area contributed by atoms with Crippen LogP contribution in [0, 0.1) is 5.92 Å². The lowest BCUT2D eigenvalue weighted by atomic mass is 9.93. The molecule has 4 atom stereocenters. The number of aryl methyl sites for hydroxylation is 1. The minimum atomic E-state index is -1.41. The Morgan fingerprint density at radius 1 is 1.07 bits per heavy atom. The summed E-state index contributed by atoms with van der Waals surface area (Å²) in [5.74, 6) is -1.26. The number of phenols is 1. The highest BCUT2D eigenvalue weighted by molar-refractivity contribution is 5.95. The number of fused-ring (bicyclic) bond motifs is 1. The van der Waals surface area contributed by atoms with Crippen molar-refractivity contribution < 1.29 is 29.6 Å². The summed E-state index contributed by atoms with van der Waals surface area (Å²) >= 11 is 0. The maximum atomic E-state index is 12.8. The lowest BCUT2D eigenvalue weighted by Crippen LogP contribution is -2.34. The lowest BCUT2D eigenvalue weighted by Gasteiger charge is -2.24. The number of phenolic OH excluding ortho intramolecular Hbond substituents is 1. The summed E-state index contributed by atoms with van der Waals surface area (Å²) in [5, 5.41) is 30.7. The molecule has 0 fully saturated rings.